The minimum Gasteiger partial charge on any atom is -0.495 e. The molecule has 0 aliphatic carbocycles. The number of hydrogen-bond acceptors (Lipinski definition) is 8. The van der Waals surface area contributed by atoms with Gasteiger partial charge in [-0.15, -0.1) is 0 Å². The van der Waals surface area contributed by atoms with Crippen molar-refractivity contribution in [3.8, 4) is 11.5 Å². The normalized spacial score (nSPS) is 18.1. The lowest BCUT2D eigenvalue weighted by atomic mass is 9.71. The number of anilines is 4. The van der Waals surface area contributed by atoms with Gasteiger partial charge in [-0.25, -0.2) is 9.80 Å². The molecule has 0 atom stereocenters. The molecular formula is C23H24N4O6. The Morgan fingerprint density at radius 2 is 1.12 bits per heavy atom. The summed E-state index contributed by atoms with van der Waals surface area (Å²) in [5.41, 5.74) is 11.4. The Balaban J connectivity index is 1.75. The van der Waals surface area contributed by atoms with E-state index in [2.05, 4.69) is 0 Å². The number of rotatable bonds is 4. The molecule has 2 aromatic rings. The molecule has 0 aromatic heterocycles. The summed E-state index contributed by atoms with van der Waals surface area (Å²) in [5.74, 6) is -1.63. The molecule has 2 saturated heterocycles. The zero-order valence-electron chi connectivity index (χ0n) is 18.3. The van der Waals surface area contributed by atoms with E-state index in [1.165, 1.54) is 50.6 Å². The van der Waals surface area contributed by atoms with E-state index >= 15 is 0 Å². The van der Waals surface area contributed by atoms with Crippen LogP contribution >= 0.6 is 0 Å². The average Bonchev–Trinajstić information content (AvgIpc) is 2.80. The van der Waals surface area contributed by atoms with Gasteiger partial charge in [0.05, 0.1) is 37.0 Å². The monoisotopic (exact) mass is 452 g/mol. The van der Waals surface area contributed by atoms with Crippen molar-refractivity contribution < 1.29 is 28.7 Å². The Hall–Kier alpha value is -4.08. The van der Waals surface area contributed by atoms with Crippen molar-refractivity contribution in [2.45, 2.75) is 25.7 Å². The molecule has 4 rings (SSSR count). The number of nitrogens with zero attached hydrogens (tertiary/aromatic N) is 2. The van der Waals surface area contributed by atoms with Crippen LogP contribution in [-0.4, -0.2) is 37.8 Å². The van der Waals surface area contributed by atoms with Crippen LogP contribution in [0.1, 0.15) is 25.7 Å². The Bertz CT molecular complexity index is 1090. The first-order valence-electron chi connectivity index (χ1n) is 10.4. The van der Waals surface area contributed by atoms with Gasteiger partial charge in [0.1, 0.15) is 16.9 Å². The summed E-state index contributed by atoms with van der Waals surface area (Å²) in [7, 11) is 2.84. The third kappa shape index (κ3) is 3.43. The number of carbonyl (C=O) groups is 4. The fraction of sp³-hybridized carbons (Fsp3) is 0.304. The van der Waals surface area contributed by atoms with Gasteiger partial charge in [-0.2, -0.15) is 0 Å². The number of piperidine rings is 2. The van der Waals surface area contributed by atoms with Crippen LogP contribution in [-0.2, 0) is 19.2 Å². The molecule has 2 aliphatic rings. The van der Waals surface area contributed by atoms with Crippen molar-refractivity contribution in [1.29, 1.82) is 0 Å². The van der Waals surface area contributed by atoms with Gasteiger partial charge in [0.15, 0.2) is 0 Å². The molecule has 0 bridgehead atoms. The van der Waals surface area contributed by atoms with E-state index in [9.17, 15) is 19.2 Å². The van der Waals surface area contributed by atoms with Crippen molar-refractivity contribution in [1.82, 2.24) is 0 Å². The van der Waals surface area contributed by atoms with Gasteiger partial charge in [0.2, 0.25) is 23.6 Å². The number of nitrogens with two attached hydrogens (primary N) is 2. The van der Waals surface area contributed by atoms with Gasteiger partial charge in [-0.05, 0) is 37.1 Å². The summed E-state index contributed by atoms with van der Waals surface area (Å²) in [5, 5.41) is 0. The lowest BCUT2D eigenvalue weighted by Crippen LogP contribution is -2.62. The standard InChI is InChI=1S/C23H24N4O6/c1-32-17-11-13(3-5-15(17)24)26-19(28)7-9-23(21(26)30)10-8-20(29)27(22(23)31)14-4-6-16(25)18(12-14)33-2/h3-6,11-12H,7-10,24-25H2,1-2H3. The van der Waals surface area contributed by atoms with Crippen LogP contribution in [0.5, 0.6) is 11.5 Å². The molecule has 33 heavy (non-hydrogen) atoms. The lowest BCUT2D eigenvalue weighted by molar-refractivity contribution is -0.149. The molecule has 2 aromatic carbocycles. The number of methoxy groups -OCH3 is 2. The Kier molecular flexibility index (Phi) is 5.44. The number of ether oxygens (including phenoxy) is 2. The maximum Gasteiger partial charge on any atom is 0.249 e. The predicted octanol–water partition coefficient (Wildman–Crippen LogP) is 1.86. The molecule has 0 unspecified atom stereocenters. The highest BCUT2D eigenvalue weighted by atomic mass is 16.5. The highest BCUT2D eigenvalue weighted by Gasteiger charge is 2.57. The third-order valence-corrected chi connectivity index (χ3v) is 6.21. The van der Waals surface area contributed by atoms with Crippen LogP contribution in [0.4, 0.5) is 22.7 Å². The van der Waals surface area contributed by atoms with E-state index in [-0.39, 0.29) is 37.1 Å². The molecule has 2 heterocycles. The molecule has 0 saturated carbocycles. The number of hydrogen-bond donors (Lipinski definition) is 2. The molecule has 172 valence electrons. The van der Waals surface area contributed by atoms with Gasteiger partial charge >= 0.3 is 0 Å². The molecule has 4 amide bonds. The van der Waals surface area contributed by atoms with E-state index in [1.54, 1.807) is 0 Å². The topological polar surface area (TPSA) is 145 Å². The van der Waals surface area contributed by atoms with Crippen LogP contribution in [0.2, 0.25) is 0 Å². The molecular weight excluding hydrogens is 428 g/mol. The van der Waals surface area contributed by atoms with Crippen molar-refractivity contribution in [3.63, 3.8) is 0 Å². The molecule has 4 N–H and O–H groups in total. The summed E-state index contributed by atoms with van der Waals surface area (Å²) >= 11 is 0. The number of amides is 4. The molecule has 10 nitrogen and oxygen atoms in total. The van der Waals surface area contributed by atoms with E-state index in [1.807, 2.05) is 0 Å². The van der Waals surface area contributed by atoms with Crippen LogP contribution in [0.3, 0.4) is 0 Å². The quantitative estimate of drug-likeness (QED) is 0.406. The van der Waals surface area contributed by atoms with Gasteiger partial charge in [0.25, 0.3) is 0 Å². The molecule has 1 spiro atoms. The second-order valence-corrected chi connectivity index (χ2v) is 8.00. The zero-order valence-corrected chi connectivity index (χ0v) is 18.3. The van der Waals surface area contributed by atoms with Crippen molar-refractivity contribution in [2.75, 3.05) is 35.5 Å². The SMILES string of the molecule is COc1cc(N2C(=O)CCC3(CCC(=O)N(c4ccc(N)c(OC)c4)C3=O)C2=O)ccc1N. The predicted molar refractivity (Wildman–Crippen MR) is 121 cm³/mol. The fourth-order valence-corrected chi connectivity index (χ4v) is 4.36. The minimum atomic E-state index is -1.55. The first-order chi connectivity index (χ1) is 15.7. The molecule has 0 radical (unpaired) electrons. The third-order valence-electron chi connectivity index (χ3n) is 6.21. The van der Waals surface area contributed by atoms with Crippen LogP contribution < -0.4 is 30.7 Å². The summed E-state index contributed by atoms with van der Waals surface area (Å²) in [6.45, 7) is 0. The van der Waals surface area contributed by atoms with E-state index in [4.69, 9.17) is 20.9 Å². The van der Waals surface area contributed by atoms with E-state index in [0.717, 1.165) is 9.80 Å². The number of nitrogen functional groups attached to an aromatic ring is 2. The smallest absolute Gasteiger partial charge is 0.249 e. The fourth-order valence-electron chi connectivity index (χ4n) is 4.36. The van der Waals surface area contributed by atoms with E-state index < -0.39 is 29.0 Å². The van der Waals surface area contributed by atoms with Gasteiger partial charge in [-0.1, -0.05) is 0 Å². The largest absolute Gasteiger partial charge is 0.495 e. The zero-order chi connectivity index (χ0) is 23.9. The van der Waals surface area contributed by atoms with Crippen molar-refractivity contribution >= 4 is 46.4 Å². The van der Waals surface area contributed by atoms with Crippen LogP contribution in [0, 0.1) is 5.41 Å². The van der Waals surface area contributed by atoms with Crippen LogP contribution in [0.25, 0.3) is 0 Å². The van der Waals surface area contributed by atoms with E-state index in [0.29, 0.717) is 22.9 Å². The average molecular weight is 452 g/mol. The maximum absolute atomic E-state index is 13.7. The highest BCUT2D eigenvalue weighted by molar-refractivity contribution is 6.31. The number of carbonyl (C=O) groups excluding carboxylic acids is 4. The van der Waals surface area contributed by atoms with Crippen molar-refractivity contribution in [2.24, 2.45) is 5.41 Å². The molecule has 2 fully saturated rings. The van der Waals surface area contributed by atoms with Gasteiger partial charge in [0, 0.05) is 25.0 Å². The van der Waals surface area contributed by atoms with Gasteiger partial charge < -0.3 is 20.9 Å². The Morgan fingerprint density at radius 1 is 0.727 bits per heavy atom. The number of imide groups is 2. The van der Waals surface area contributed by atoms with Crippen LogP contribution in [0.15, 0.2) is 36.4 Å². The molecule has 2 aliphatic heterocycles. The summed E-state index contributed by atoms with van der Waals surface area (Å²) in [4.78, 5) is 54.9. The Morgan fingerprint density at radius 3 is 1.48 bits per heavy atom. The molecule has 10 heteroatoms. The number of benzene rings is 2. The summed E-state index contributed by atoms with van der Waals surface area (Å²) in [6, 6.07) is 9.04. The van der Waals surface area contributed by atoms with Gasteiger partial charge in [-0.3, -0.25) is 19.2 Å². The first-order valence-corrected chi connectivity index (χ1v) is 10.4. The minimum absolute atomic E-state index is 0.0159. The van der Waals surface area contributed by atoms with Crippen molar-refractivity contribution in [3.05, 3.63) is 36.4 Å². The first kappa shape index (κ1) is 22.1. The lowest BCUT2D eigenvalue weighted by Gasteiger charge is -2.44. The second-order valence-electron chi connectivity index (χ2n) is 8.00. The Labute approximate surface area is 190 Å². The highest BCUT2D eigenvalue weighted by Crippen LogP contribution is 2.45. The second kappa shape index (κ2) is 8.12. The maximum atomic E-state index is 13.7. The summed E-state index contributed by atoms with van der Waals surface area (Å²) < 4.78 is 10.4. The summed E-state index contributed by atoms with van der Waals surface area (Å²) in [6.07, 6.45) is -0.0293.